The van der Waals surface area contributed by atoms with Gasteiger partial charge in [0, 0.05) is 17.6 Å². The second-order valence-electron chi connectivity index (χ2n) is 7.97. The van der Waals surface area contributed by atoms with Gasteiger partial charge in [-0.05, 0) is 81.1 Å². The molecule has 1 amide bonds. The Bertz CT molecular complexity index is 971. The number of benzene rings is 2. The molecule has 0 saturated carbocycles. The van der Waals surface area contributed by atoms with E-state index in [0.29, 0.717) is 22.5 Å². The predicted molar refractivity (Wildman–Crippen MR) is 111 cm³/mol. The molecule has 1 aromatic heterocycles. The summed E-state index contributed by atoms with van der Waals surface area (Å²) in [4.78, 5) is 18.1. The van der Waals surface area contributed by atoms with E-state index in [1.165, 1.54) is 31.0 Å². The Balaban J connectivity index is 1.49. The minimum atomic E-state index is -0.324. The SMILES string of the molecule is Cc1ccc(F)c2cc(C(=O)Nc3cccc(CC4CCCN(C)C4)c3)[nH]c12. The quantitative estimate of drug-likeness (QED) is 0.687. The molecule has 3 aromatic rings. The number of carbonyl (C=O) groups excluding carboxylic acids is 1. The second kappa shape index (κ2) is 7.76. The van der Waals surface area contributed by atoms with E-state index in [-0.39, 0.29) is 11.7 Å². The van der Waals surface area contributed by atoms with E-state index in [1.807, 2.05) is 25.1 Å². The lowest BCUT2D eigenvalue weighted by molar-refractivity contribution is 0.102. The average Bonchev–Trinajstić information content (AvgIpc) is 3.12. The Morgan fingerprint density at radius 1 is 1.29 bits per heavy atom. The Hall–Kier alpha value is -2.66. The first-order valence-corrected chi connectivity index (χ1v) is 9.86. The van der Waals surface area contributed by atoms with Gasteiger partial charge in [0.1, 0.15) is 11.5 Å². The maximum Gasteiger partial charge on any atom is 0.272 e. The summed E-state index contributed by atoms with van der Waals surface area (Å²) in [6.45, 7) is 4.19. The van der Waals surface area contributed by atoms with Crippen LogP contribution < -0.4 is 5.32 Å². The summed E-state index contributed by atoms with van der Waals surface area (Å²) in [5, 5.41) is 3.39. The van der Waals surface area contributed by atoms with Crippen molar-refractivity contribution in [3.8, 4) is 0 Å². The molecule has 1 unspecified atom stereocenters. The Morgan fingerprint density at radius 3 is 2.93 bits per heavy atom. The molecule has 0 spiro atoms. The highest BCUT2D eigenvalue weighted by Crippen LogP contribution is 2.24. The van der Waals surface area contributed by atoms with Gasteiger partial charge >= 0.3 is 0 Å². The van der Waals surface area contributed by atoms with Crippen LogP contribution >= 0.6 is 0 Å². The van der Waals surface area contributed by atoms with Gasteiger partial charge in [-0.3, -0.25) is 4.79 Å². The van der Waals surface area contributed by atoms with E-state index in [1.54, 1.807) is 12.1 Å². The first-order valence-electron chi connectivity index (χ1n) is 9.86. The van der Waals surface area contributed by atoms with Crippen LogP contribution in [0.4, 0.5) is 10.1 Å². The van der Waals surface area contributed by atoms with E-state index >= 15 is 0 Å². The zero-order chi connectivity index (χ0) is 19.7. The van der Waals surface area contributed by atoms with Crippen LogP contribution in [0.5, 0.6) is 0 Å². The Kier molecular flexibility index (Phi) is 5.18. The molecule has 1 saturated heterocycles. The number of halogens is 1. The molecule has 2 aromatic carbocycles. The largest absolute Gasteiger partial charge is 0.350 e. The first-order chi connectivity index (χ1) is 13.5. The third-order valence-corrected chi connectivity index (χ3v) is 5.62. The van der Waals surface area contributed by atoms with Crippen LogP contribution in [-0.4, -0.2) is 35.9 Å². The lowest BCUT2D eigenvalue weighted by Gasteiger charge is -2.29. The van der Waals surface area contributed by atoms with E-state index in [0.717, 1.165) is 24.2 Å². The molecule has 0 bridgehead atoms. The number of amides is 1. The summed E-state index contributed by atoms with van der Waals surface area (Å²) in [6.07, 6.45) is 3.51. The summed E-state index contributed by atoms with van der Waals surface area (Å²) >= 11 is 0. The highest BCUT2D eigenvalue weighted by molar-refractivity contribution is 6.06. The van der Waals surface area contributed by atoms with Crippen molar-refractivity contribution in [3.63, 3.8) is 0 Å². The van der Waals surface area contributed by atoms with Gasteiger partial charge in [0.25, 0.3) is 5.91 Å². The molecule has 1 aliphatic heterocycles. The fourth-order valence-electron chi connectivity index (χ4n) is 4.20. The molecule has 0 radical (unpaired) electrons. The monoisotopic (exact) mass is 379 g/mol. The summed E-state index contributed by atoms with van der Waals surface area (Å²) in [7, 11) is 2.17. The molecule has 2 N–H and O–H groups in total. The van der Waals surface area contributed by atoms with Gasteiger partial charge in [-0.2, -0.15) is 0 Å². The molecule has 1 atom stereocenters. The standard InChI is InChI=1S/C23H26FN3O/c1-15-8-9-20(24)19-13-21(26-22(15)19)23(28)25-18-7-3-5-16(12-18)11-17-6-4-10-27(2)14-17/h3,5,7-9,12-13,17,26H,4,6,10-11,14H2,1-2H3,(H,25,28). The number of nitrogens with one attached hydrogen (secondary N) is 2. The molecule has 4 nitrogen and oxygen atoms in total. The maximum atomic E-state index is 14.0. The number of carbonyl (C=O) groups is 1. The van der Waals surface area contributed by atoms with Crippen LogP contribution in [0, 0.1) is 18.7 Å². The molecule has 2 heterocycles. The van der Waals surface area contributed by atoms with Crippen LogP contribution in [0.25, 0.3) is 10.9 Å². The van der Waals surface area contributed by atoms with E-state index in [2.05, 4.69) is 28.3 Å². The maximum absolute atomic E-state index is 14.0. The Morgan fingerprint density at radius 2 is 2.14 bits per heavy atom. The molecule has 5 heteroatoms. The first kappa shape index (κ1) is 18.7. The topological polar surface area (TPSA) is 48.1 Å². The van der Waals surface area contributed by atoms with Crippen molar-refractivity contribution < 1.29 is 9.18 Å². The van der Waals surface area contributed by atoms with Crippen LogP contribution in [0.3, 0.4) is 0 Å². The van der Waals surface area contributed by atoms with Crippen molar-refractivity contribution >= 4 is 22.5 Å². The molecule has 146 valence electrons. The number of aromatic nitrogens is 1. The predicted octanol–water partition coefficient (Wildman–Crippen LogP) is 4.75. The average molecular weight is 379 g/mol. The van der Waals surface area contributed by atoms with Crippen molar-refractivity contribution in [1.82, 2.24) is 9.88 Å². The highest BCUT2D eigenvalue weighted by Gasteiger charge is 2.18. The Labute approximate surface area is 164 Å². The summed E-state index contributed by atoms with van der Waals surface area (Å²) in [5.41, 5.74) is 3.94. The zero-order valence-electron chi connectivity index (χ0n) is 16.4. The van der Waals surface area contributed by atoms with E-state index < -0.39 is 0 Å². The van der Waals surface area contributed by atoms with E-state index in [9.17, 15) is 9.18 Å². The van der Waals surface area contributed by atoms with Gasteiger partial charge in [-0.15, -0.1) is 0 Å². The number of anilines is 1. The molecule has 1 fully saturated rings. The van der Waals surface area contributed by atoms with Gasteiger partial charge < -0.3 is 15.2 Å². The van der Waals surface area contributed by atoms with Crippen LogP contribution in [0.2, 0.25) is 0 Å². The van der Waals surface area contributed by atoms with Gasteiger partial charge in [-0.25, -0.2) is 4.39 Å². The third kappa shape index (κ3) is 3.94. The van der Waals surface area contributed by atoms with Crippen molar-refractivity contribution in [2.24, 2.45) is 5.92 Å². The normalized spacial score (nSPS) is 17.8. The lowest BCUT2D eigenvalue weighted by Crippen LogP contribution is -2.32. The fourth-order valence-corrected chi connectivity index (χ4v) is 4.20. The number of aromatic amines is 1. The van der Waals surface area contributed by atoms with Crippen LogP contribution in [-0.2, 0) is 6.42 Å². The fraction of sp³-hybridized carbons (Fsp3) is 0.348. The van der Waals surface area contributed by atoms with Crippen molar-refractivity contribution in [3.05, 3.63) is 65.1 Å². The van der Waals surface area contributed by atoms with Gasteiger partial charge in [-0.1, -0.05) is 18.2 Å². The summed E-state index contributed by atoms with van der Waals surface area (Å²) < 4.78 is 14.0. The summed E-state index contributed by atoms with van der Waals surface area (Å²) in [6, 6.07) is 12.7. The number of piperidine rings is 1. The summed E-state index contributed by atoms with van der Waals surface area (Å²) in [5.74, 6) is 0.0734. The molecular weight excluding hydrogens is 353 g/mol. The molecule has 4 rings (SSSR count). The third-order valence-electron chi connectivity index (χ3n) is 5.62. The van der Waals surface area contributed by atoms with Gasteiger partial charge in [0.2, 0.25) is 0 Å². The number of fused-ring (bicyclic) bond motifs is 1. The number of aryl methyl sites for hydroxylation is 1. The van der Waals surface area contributed by atoms with Crippen LogP contribution in [0.15, 0.2) is 42.5 Å². The lowest BCUT2D eigenvalue weighted by atomic mass is 9.91. The van der Waals surface area contributed by atoms with Crippen LogP contribution in [0.1, 0.15) is 34.5 Å². The van der Waals surface area contributed by atoms with E-state index in [4.69, 9.17) is 0 Å². The smallest absolute Gasteiger partial charge is 0.272 e. The van der Waals surface area contributed by atoms with Crippen molar-refractivity contribution in [1.29, 1.82) is 0 Å². The number of rotatable bonds is 4. The van der Waals surface area contributed by atoms with Crippen molar-refractivity contribution in [2.45, 2.75) is 26.2 Å². The van der Waals surface area contributed by atoms with Gasteiger partial charge in [0.05, 0.1) is 5.52 Å². The molecule has 28 heavy (non-hydrogen) atoms. The minimum absolute atomic E-state index is 0.260. The number of likely N-dealkylation sites (tertiary alicyclic amines) is 1. The second-order valence-corrected chi connectivity index (χ2v) is 7.97. The molecular formula is C23H26FN3O. The van der Waals surface area contributed by atoms with Crippen molar-refractivity contribution in [2.75, 3.05) is 25.5 Å². The highest BCUT2D eigenvalue weighted by atomic mass is 19.1. The van der Waals surface area contributed by atoms with Gasteiger partial charge in [0.15, 0.2) is 0 Å². The number of H-pyrrole nitrogens is 1. The number of hydrogen-bond donors (Lipinski definition) is 2. The molecule has 1 aliphatic rings. The number of nitrogens with zero attached hydrogens (tertiary/aromatic N) is 1. The minimum Gasteiger partial charge on any atom is -0.350 e. The zero-order valence-corrected chi connectivity index (χ0v) is 16.4. The number of hydrogen-bond acceptors (Lipinski definition) is 2. The molecule has 0 aliphatic carbocycles.